The first-order valence-corrected chi connectivity index (χ1v) is 7.31. The van der Waals surface area contributed by atoms with Gasteiger partial charge in [0.15, 0.2) is 0 Å². The van der Waals surface area contributed by atoms with Crippen LogP contribution in [0.4, 0.5) is 11.4 Å². The Morgan fingerprint density at radius 2 is 1.86 bits per heavy atom. The SMILES string of the molecule is CC(C)(C)OCC(=O)Nc1ccc(N2CCOCC2)cc1. The van der Waals surface area contributed by atoms with Gasteiger partial charge in [-0.25, -0.2) is 0 Å². The van der Waals surface area contributed by atoms with Crippen LogP contribution in [0.1, 0.15) is 20.8 Å². The van der Waals surface area contributed by atoms with Crippen LogP contribution in [0, 0.1) is 0 Å². The molecule has 5 nitrogen and oxygen atoms in total. The third-order valence-electron chi connectivity index (χ3n) is 3.16. The molecule has 1 aliphatic heterocycles. The fourth-order valence-electron chi connectivity index (χ4n) is 2.06. The van der Waals surface area contributed by atoms with Crippen LogP contribution in [0.25, 0.3) is 0 Å². The molecular formula is C16H24N2O3. The molecule has 1 saturated heterocycles. The van der Waals surface area contributed by atoms with Crippen molar-refractivity contribution in [1.82, 2.24) is 0 Å². The number of nitrogens with one attached hydrogen (secondary N) is 1. The molecule has 1 aromatic rings. The number of nitrogens with zero attached hydrogens (tertiary/aromatic N) is 1. The van der Waals surface area contributed by atoms with E-state index >= 15 is 0 Å². The van der Waals surface area contributed by atoms with Gasteiger partial charge in [0, 0.05) is 24.5 Å². The Bertz CT molecular complexity index is 459. The third-order valence-corrected chi connectivity index (χ3v) is 3.16. The summed E-state index contributed by atoms with van der Waals surface area (Å²) >= 11 is 0. The largest absolute Gasteiger partial charge is 0.378 e. The molecule has 0 atom stereocenters. The zero-order valence-electron chi connectivity index (χ0n) is 13.0. The summed E-state index contributed by atoms with van der Waals surface area (Å²) in [5.41, 5.74) is 1.63. The van der Waals surface area contributed by atoms with Gasteiger partial charge in [0.2, 0.25) is 5.91 Å². The first-order valence-electron chi connectivity index (χ1n) is 7.31. The van der Waals surface area contributed by atoms with Crippen LogP contribution in [0.15, 0.2) is 24.3 Å². The number of hydrogen-bond donors (Lipinski definition) is 1. The van der Waals surface area contributed by atoms with E-state index in [1.165, 1.54) is 0 Å². The molecule has 116 valence electrons. The van der Waals surface area contributed by atoms with Crippen LogP contribution in [-0.2, 0) is 14.3 Å². The Kier molecular flexibility index (Phi) is 5.20. The van der Waals surface area contributed by atoms with Crippen molar-refractivity contribution >= 4 is 17.3 Å². The van der Waals surface area contributed by atoms with E-state index in [1.54, 1.807) is 0 Å². The quantitative estimate of drug-likeness (QED) is 0.925. The fourth-order valence-corrected chi connectivity index (χ4v) is 2.06. The molecule has 5 heteroatoms. The second-order valence-corrected chi connectivity index (χ2v) is 6.10. The highest BCUT2D eigenvalue weighted by Gasteiger charge is 2.14. The van der Waals surface area contributed by atoms with Crippen molar-refractivity contribution in [3.8, 4) is 0 Å². The molecule has 0 aliphatic carbocycles. The van der Waals surface area contributed by atoms with Crippen molar-refractivity contribution in [3.63, 3.8) is 0 Å². The van der Waals surface area contributed by atoms with Gasteiger partial charge in [0.25, 0.3) is 0 Å². The topological polar surface area (TPSA) is 50.8 Å². The van der Waals surface area contributed by atoms with Crippen LogP contribution in [0.5, 0.6) is 0 Å². The monoisotopic (exact) mass is 292 g/mol. The van der Waals surface area contributed by atoms with Gasteiger partial charge in [-0.2, -0.15) is 0 Å². The van der Waals surface area contributed by atoms with Crippen LogP contribution in [-0.4, -0.2) is 44.4 Å². The van der Waals surface area contributed by atoms with E-state index in [2.05, 4.69) is 10.2 Å². The molecule has 21 heavy (non-hydrogen) atoms. The van der Waals surface area contributed by atoms with Crippen molar-refractivity contribution in [2.24, 2.45) is 0 Å². The number of benzene rings is 1. The average molecular weight is 292 g/mol. The average Bonchev–Trinajstić information content (AvgIpc) is 2.46. The van der Waals surface area contributed by atoms with Crippen molar-refractivity contribution in [2.45, 2.75) is 26.4 Å². The van der Waals surface area contributed by atoms with E-state index in [-0.39, 0.29) is 18.1 Å². The smallest absolute Gasteiger partial charge is 0.250 e. The predicted octanol–water partition coefficient (Wildman–Crippen LogP) is 2.28. The van der Waals surface area contributed by atoms with Gasteiger partial charge in [-0.05, 0) is 45.0 Å². The summed E-state index contributed by atoms with van der Waals surface area (Å²) in [7, 11) is 0. The molecule has 1 aliphatic rings. The highest BCUT2D eigenvalue weighted by atomic mass is 16.5. The Labute approximate surface area is 126 Å². The van der Waals surface area contributed by atoms with E-state index in [9.17, 15) is 4.79 Å². The highest BCUT2D eigenvalue weighted by Crippen LogP contribution is 2.19. The van der Waals surface area contributed by atoms with E-state index in [0.29, 0.717) is 0 Å². The summed E-state index contributed by atoms with van der Waals surface area (Å²) < 4.78 is 10.8. The molecule has 1 amide bonds. The number of rotatable bonds is 4. The summed E-state index contributed by atoms with van der Waals surface area (Å²) in [4.78, 5) is 14.1. The van der Waals surface area contributed by atoms with Crippen LogP contribution < -0.4 is 10.2 Å². The number of morpholine rings is 1. The summed E-state index contributed by atoms with van der Waals surface area (Å²) in [5.74, 6) is -0.135. The predicted molar refractivity (Wildman–Crippen MR) is 83.8 cm³/mol. The van der Waals surface area contributed by atoms with E-state index in [0.717, 1.165) is 37.7 Å². The fraction of sp³-hybridized carbons (Fsp3) is 0.562. The van der Waals surface area contributed by atoms with Gasteiger partial charge >= 0.3 is 0 Å². The summed E-state index contributed by atoms with van der Waals surface area (Å²) in [6.45, 7) is 9.20. The Morgan fingerprint density at radius 3 is 2.43 bits per heavy atom. The van der Waals surface area contributed by atoms with Crippen LogP contribution in [0.3, 0.4) is 0 Å². The maximum absolute atomic E-state index is 11.8. The van der Waals surface area contributed by atoms with E-state index < -0.39 is 0 Å². The lowest BCUT2D eigenvalue weighted by molar-refractivity contribution is -0.125. The lowest BCUT2D eigenvalue weighted by Crippen LogP contribution is -2.36. The molecule has 1 heterocycles. The van der Waals surface area contributed by atoms with Gasteiger partial charge < -0.3 is 19.7 Å². The van der Waals surface area contributed by atoms with Gasteiger partial charge in [0.05, 0.1) is 18.8 Å². The zero-order valence-corrected chi connectivity index (χ0v) is 13.0. The first-order chi connectivity index (χ1) is 9.94. The number of hydrogen-bond acceptors (Lipinski definition) is 4. The van der Waals surface area contributed by atoms with Crippen molar-refractivity contribution in [1.29, 1.82) is 0 Å². The van der Waals surface area contributed by atoms with Crippen LogP contribution in [0.2, 0.25) is 0 Å². The van der Waals surface area contributed by atoms with Crippen molar-refractivity contribution in [3.05, 3.63) is 24.3 Å². The van der Waals surface area contributed by atoms with Gasteiger partial charge in [-0.3, -0.25) is 4.79 Å². The molecule has 1 N–H and O–H groups in total. The lowest BCUT2D eigenvalue weighted by atomic mass is 10.2. The zero-order chi connectivity index (χ0) is 15.3. The third kappa shape index (κ3) is 5.36. The molecule has 0 saturated carbocycles. The molecule has 1 aromatic carbocycles. The molecule has 0 bridgehead atoms. The van der Waals surface area contributed by atoms with E-state index in [1.807, 2.05) is 45.0 Å². The number of amides is 1. The van der Waals surface area contributed by atoms with E-state index in [4.69, 9.17) is 9.47 Å². The Hall–Kier alpha value is -1.59. The second-order valence-electron chi connectivity index (χ2n) is 6.10. The number of ether oxygens (including phenoxy) is 2. The lowest BCUT2D eigenvalue weighted by Gasteiger charge is -2.28. The first kappa shape index (κ1) is 15.8. The van der Waals surface area contributed by atoms with Gasteiger partial charge in [0.1, 0.15) is 6.61 Å². The molecule has 0 unspecified atom stereocenters. The minimum absolute atomic E-state index is 0.0642. The molecule has 0 spiro atoms. The minimum Gasteiger partial charge on any atom is -0.378 e. The summed E-state index contributed by atoms with van der Waals surface area (Å²) in [6.07, 6.45) is 0. The highest BCUT2D eigenvalue weighted by molar-refractivity contribution is 5.91. The molecular weight excluding hydrogens is 268 g/mol. The Balaban J connectivity index is 1.85. The number of anilines is 2. The second kappa shape index (κ2) is 6.91. The minimum atomic E-state index is -0.308. The van der Waals surface area contributed by atoms with Gasteiger partial charge in [-0.15, -0.1) is 0 Å². The maximum atomic E-state index is 11.8. The van der Waals surface area contributed by atoms with Gasteiger partial charge in [-0.1, -0.05) is 0 Å². The number of carbonyl (C=O) groups is 1. The van der Waals surface area contributed by atoms with Crippen molar-refractivity contribution < 1.29 is 14.3 Å². The normalized spacial score (nSPS) is 15.9. The summed E-state index contributed by atoms with van der Waals surface area (Å²) in [5, 5.41) is 2.84. The molecule has 2 rings (SSSR count). The Morgan fingerprint density at radius 1 is 1.24 bits per heavy atom. The summed E-state index contributed by atoms with van der Waals surface area (Å²) in [6, 6.07) is 7.87. The molecule has 1 fully saturated rings. The van der Waals surface area contributed by atoms with Crippen molar-refractivity contribution in [2.75, 3.05) is 43.1 Å². The molecule has 0 aromatic heterocycles. The maximum Gasteiger partial charge on any atom is 0.250 e. The standard InChI is InChI=1S/C16H24N2O3/c1-16(2,3)21-12-15(19)17-13-4-6-14(7-5-13)18-8-10-20-11-9-18/h4-7H,8-12H2,1-3H3,(H,17,19). The number of carbonyl (C=O) groups excluding carboxylic acids is 1. The molecule has 0 radical (unpaired) electrons. The van der Waals surface area contributed by atoms with Crippen LogP contribution >= 0.6 is 0 Å².